The average molecular weight is 616 g/mol. The lowest BCUT2D eigenvalue weighted by molar-refractivity contribution is 0.0600. The molecule has 0 saturated heterocycles. The van der Waals surface area contributed by atoms with Crippen molar-refractivity contribution < 1.29 is 32.6 Å². The zero-order chi connectivity index (χ0) is 31.5. The van der Waals surface area contributed by atoms with Crippen LogP contribution in [0.1, 0.15) is 61.5 Å². The van der Waals surface area contributed by atoms with Crippen LogP contribution in [0, 0.1) is 18.6 Å². The number of amides is 2. The maximum atomic E-state index is 14.0. The van der Waals surface area contributed by atoms with E-state index in [0.29, 0.717) is 11.1 Å². The van der Waals surface area contributed by atoms with E-state index in [9.17, 15) is 32.6 Å². The number of aliphatic hydroxyl groups excluding tert-OH is 1. The fourth-order valence-electron chi connectivity index (χ4n) is 5.36. The van der Waals surface area contributed by atoms with Gasteiger partial charge in [-0.05, 0) is 71.5 Å². The van der Waals surface area contributed by atoms with E-state index in [4.69, 9.17) is 0 Å². The predicted molar refractivity (Wildman–Crippen MR) is 164 cm³/mol. The number of carbonyl (C=O) groups excluding carboxylic acids is 2. The topological polar surface area (TPSA) is 113 Å². The average Bonchev–Trinajstić information content (AvgIpc) is 2.93. The van der Waals surface area contributed by atoms with Gasteiger partial charge in [-0.3, -0.25) is 18.7 Å². The minimum absolute atomic E-state index is 0.00938. The molecule has 1 aliphatic heterocycles. The number of hydrogen-bond donors (Lipinski definition) is 4. The highest BCUT2D eigenvalue weighted by molar-refractivity contribution is 8.23. The van der Waals surface area contributed by atoms with Gasteiger partial charge in [0.15, 0.2) is 0 Å². The Labute approximate surface area is 252 Å². The maximum absolute atomic E-state index is 14.0. The third-order valence-electron chi connectivity index (χ3n) is 7.41. The maximum Gasteiger partial charge on any atom is 0.254 e. The number of halogens is 2. The van der Waals surface area contributed by atoms with Crippen LogP contribution < -0.4 is 5.32 Å². The van der Waals surface area contributed by atoms with Gasteiger partial charge in [0, 0.05) is 50.9 Å². The van der Waals surface area contributed by atoms with Crippen LogP contribution in [0.25, 0.3) is 0 Å². The molecule has 43 heavy (non-hydrogen) atoms. The smallest absolute Gasteiger partial charge is 0.254 e. The zero-order valence-electron chi connectivity index (χ0n) is 24.8. The molecule has 1 aliphatic rings. The fraction of sp³-hybridized carbons (Fsp3) is 0.375. The van der Waals surface area contributed by atoms with E-state index < -0.39 is 40.3 Å². The second kappa shape index (κ2) is 13.5. The van der Waals surface area contributed by atoms with Gasteiger partial charge in [0.1, 0.15) is 11.6 Å². The zero-order valence-corrected chi connectivity index (χ0v) is 25.6. The normalized spacial score (nSPS) is 17.1. The first-order chi connectivity index (χ1) is 20.2. The van der Waals surface area contributed by atoms with Crippen molar-refractivity contribution in [2.75, 3.05) is 32.9 Å². The lowest BCUT2D eigenvalue weighted by Gasteiger charge is -2.42. The third kappa shape index (κ3) is 8.39. The molecule has 8 nitrogen and oxygen atoms in total. The largest absolute Gasteiger partial charge is 0.390 e. The Kier molecular flexibility index (Phi) is 10.2. The highest BCUT2D eigenvalue weighted by Gasteiger charge is 2.31. The summed E-state index contributed by atoms with van der Waals surface area (Å²) in [6, 6.07) is 13.2. The van der Waals surface area contributed by atoms with Gasteiger partial charge in [0.2, 0.25) is 0 Å². The first-order valence-electron chi connectivity index (χ1n) is 14.1. The van der Waals surface area contributed by atoms with E-state index in [0.717, 1.165) is 41.3 Å². The molecule has 0 aliphatic carbocycles. The van der Waals surface area contributed by atoms with Gasteiger partial charge in [-0.1, -0.05) is 25.1 Å². The molecule has 0 fully saturated rings. The van der Waals surface area contributed by atoms with Crippen molar-refractivity contribution in [3.8, 4) is 0 Å². The molecular formula is C32H39F2N3O5S. The van der Waals surface area contributed by atoms with E-state index >= 15 is 0 Å². The van der Waals surface area contributed by atoms with Crippen molar-refractivity contribution in [3.63, 3.8) is 0 Å². The summed E-state index contributed by atoms with van der Waals surface area (Å²) in [6.45, 7) is 3.41. The number of hydrogen-bond acceptors (Lipinski definition) is 6. The summed E-state index contributed by atoms with van der Waals surface area (Å²) in [6.07, 6.45) is -0.297. The molecule has 3 aromatic rings. The van der Waals surface area contributed by atoms with Crippen LogP contribution in [0.5, 0.6) is 0 Å². The minimum atomic E-state index is -2.87. The molecule has 0 bridgehead atoms. The van der Waals surface area contributed by atoms with Crippen molar-refractivity contribution in [1.29, 1.82) is 0 Å². The molecule has 1 heterocycles. The molecule has 2 amide bonds. The molecule has 11 heteroatoms. The Morgan fingerprint density at radius 1 is 0.977 bits per heavy atom. The molecule has 0 unspecified atom stereocenters. The second-order valence-corrected chi connectivity index (χ2v) is 13.6. The minimum Gasteiger partial charge on any atom is -0.390 e. The lowest BCUT2D eigenvalue weighted by Crippen LogP contribution is -2.43. The Morgan fingerprint density at radius 2 is 1.63 bits per heavy atom. The standard InChI is InChI=1S/C32H39F2N3O5S/c1-5-21-6-7-23-18-43(41,42)19-30(29(23)12-21)35-15-28(38)17-37(16-22-10-26(33)14-27(34)11-22)32(40)25-9-20(2)8-24(13-25)31(39)36(3)4/h6-14,28,30,35,38,41-42H,5,15-19H2,1-4H3/t28-,30+/m1/s1. The van der Waals surface area contributed by atoms with Crippen LogP contribution in [-0.4, -0.2) is 74.9 Å². The molecule has 0 saturated carbocycles. The first-order valence-corrected chi connectivity index (χ1v) is 16.0. The summed E-state index contributed by atoms with van der Waals surface area (Å²) in [5.41, 5.74) is 4.27. The molecule has 2 atom stereocenters. The number of fused-ring (bicyclic) bond motifs is 1. The summed E-state index contributed by atoms with van der Waals surface area (Å²) >= 11 is 0. The summed E-state index contributed by atoms with van der Waals surface area (Å²) < 4.78 is 49.1. The third-order valence-corrected chi connectivity index (χ3v) is 9.05. The van der Waals surface area contributed by atoms with E-state index in [2.05, 4.69) is 5.32 Å². The number of aliphatic hydroxyl groups is 1. The van der Waals surface area contributed by atoms with Crippen LogP contribution in [0.2, 0.25) is 0 Å². The van der Waals surface area contributed by atoms with Gasteiger partial charge in [-0.15, -0.1) is 0 Å². The second-order valence-electron chi connectivity index (χ2n) is 11.4. The molecule has 0 spiro atoms. The molecule has 4 N–H and O–H groups in total. The predicted octanol–water partition coefficient (Wildman–Crippen LogP) is 5.14. The Morgan fingerprint density at radius 3 is 2.26 bits per heavy atom. The number of nitrogens with one attached hydrogen (secondary N) is 1. The van der Waals surface area contributed by atoms with E-state index in [1.165, 1.54) is 15.9 Å². The van der Waals surface area contributed by atoms with Crippen LogP contribution in [-0.2, 0) is 18.7 Å². The molecular weight excluding hydrogens is 576 g/mol. The molecule has 0 radical (unpaired) electrons. The summed E-state index contributed by atoms with van der Waals surface area (Å²) in [7, 11) is 0.342. The van der Waals surface area contributed by atoms with E-state index in [1.54, 1.807) is 33.2 Å². The van der Waals surface area contributed by atoms with Crippen molar-refractivity contribution in [1.82, 2.24) is 15.1 Å². The highest BCUT2D eigenvalue weighted by Crippen LogP contribution is 2.50. The monoisotopic (exact) mass is 615 g/mol. The molecule has 232 valence electrons. The molecule has 4 rings (SSSR count). The number of rotatable bonds is 10. The van der Waals surface area contributed by atoms with Crippen molar-refractivity contribution in [3.05, 3.63) is 105 Å². The fourth-order valence-corrected chi connectivity index (χ4v) is 7.07. The number of carbonyl (C=O) groups is 2. The van der Waals surface area contributed by atoms with Gasteiger partial charge < -0.3 is 20.2 Å². The molecule has 0 aromatic heterocycles. The van der Waals surface area contributed by atoms with Crippen LogP contribution >= 0.6 is 10.6 Å². The lowest BCUT2D eigenvalue weighted by atomic mass is 9.98. The van der Waals surface area contributed by atoms with Gasteiger partial charge in [0.05, 0.1) is 23.7 Å². The van der Waals surface area contributed by atoms with E-state index in [-0.39, 0.29) is 48.2 Å². The van der Waals surface area contributed by atoms with Crippen molar-refractivity contribution in [2.45, 2.75) is 44.7 Å². The van der Waals surface area contributed by atoms with Gasteiger partial charge in [0.25, 0.3) is 11.8 Å². The van der Waals surface area contributed by atoms with Crippen molar-refractivity contribution >= 4 is 22.4 Å². The van der Waals surface area contributed by atoms with Crippen LogP contribution in [0.15, 0.2) is 54.6 Å². The summed E-state index contributed by atoms with van der Waals surface area (Å²) in [4.78, 5) is 29.1. The van der Waals surface area contributed by atoms with Gasteiger partial charge >= 0.3 is 0 Å². The first kappa shape index (κ1) is 32.6. The number of benzene rings is 3. The Hall–Kier alpha value is -3.35. The Bertz CT molecular complexity index is 1480. The van der Waals surface area contributed by atoms with E-state index in [1.807, 2.05) is 25.1 Å². The van der Waals surface area contributed by atoms with Crippen LogP contribution in [0.3, 0.4) is 0 Å². The SMILES string of the molecule is CCc1ccc2c(c1)[C@@H](NC[C@@H](O)CN(Cc1cc(F)cc(F)c1)C(=O)c1cc(C)cc(C(=O)N(C)C)c1)CS(O)(O)C2. The van der Waals surface area contributed by atoms with Crippen molar-refractivity contribution in [2.24, 2.45) is 0 Å². The molecule has 3 aromatic carbocycles. The van der Waals surface area contributed by atoms with Crippen LogP contribution in [0.4, 0.5) is 8.78 Å². The highest BCUT2D eigenvalue weighted by atomic mass is 32.3. The summed E-state index contributed by atoms with van der Waals surface area (Å²) in [5.74, 6) is -2.12. The Balaban J connectivity index is 1.58. The number of aryl methyl sites for hydroxylation is 2. The van der Waals surface area contributed by atoms with Gasteiger partial charge in [-0.2, -0.15) is 10.6 Å². The number of nitrogens with zero attached hydrogens (tertiary/aromatic N) is 2. The van der Waals surface area contributed by atoms with Gasteiger partial charge in [-0.25, -0.2) is 8.78 Å². The summed E-state index contributed by atoms with van der Waals surface area (Å²) in [5, 5.41) is 14.3. The quantitative estimate of drug-likeness (QED) is 0.251.